The molecule has 0 bridgehead atoms. The predicted octanol–water partition coefficient (Wildman–Crippen LogP) is 1.65. The number of hydrogen-bond acceptors (Lipinski definition) is 5. The first-order valence-corrected chi connectivity index (χ1v) is 7.43. The van der Waals surface area contributed by atoms with E-state index in [1.54, 1.807) is 19.9 Å². The molecule has 0 atom stereocenters. The number of hydrogen-bond donors (Lipinski definition) is 0. The highest BCUT2D eigenvalue weighted by Gasteiger charge is 2.15. The van der Waals surface area contributed by atoms with Crippen molar-refractivity contribution < 1.29 is 17.9 Å². The third-order valence-corrected chi connectivity index (χ3v) is 5.35. The van der Waals surface area contributed by atoms with Gasteiger partial charge in [-0.15, -0.1) is 11.3 Å². The lowest BCUT2D eigenvalue weighted by Gasteiger charge is -1.98. The summed E-state index contributed by atoms with van der Waals surface area (Å²) in [5.74, 6) is -0.253. The Labute approximate surface area is 99.2 Å². The summed E-state index contributed by atoms with van der Waals surface area (Å²) in [6.07, 6.45) is 0.137. The quantitative estimate of drug-likeness (QED) is 0.757. The summed E-state index contributed by atoms with van der Waals surface area (Å²) in [7, 11) is -3.16. The molecule has 0 aliphatic rings. The summed E-state index contributed by atoms with van der Waals surface area (Å²) < 4.78 is 28.1. The third kappa shape index (κ3) is 3.31. The molecule has 0 aromatic carbocycles. The van der Waals surface area contributed by atoms with E-state index in [1.807, 2.05) is 0 Å². The fourth-order valence-corrected chi connectivity index (χ4v) is 3.58. The van der Waals surface area contributed by atoms with Crippen LogP contribution in [0.25, 0.3) is 0 Å². The molecule has 0 radical (unpaired) electrons. The van der Waals surface area contributed by atoms with Gasteiger partial charge in [0, 0.05) is 4.88 Å². The minimum Gasteiger partial charge on any atom is -0.466 e. The minimum absolute atomic E-state index is 0.0758. The second-order valence-corrected chi connectivity index (χ2v) is 6.78. The van der Waals surface area contributed by atoms with Crippen LogP contribution in [0.1, 0.15) is 18.7 Å². The van der Waals surface area contributed by atoms with E-state index < -0.39 is 9.84 Å². The number of carbonyl (C=O) groups excluding carboxylic acids is 1. The van der Waals surface area contributed by atoms with Gasteiger partial charge in [0.15, 0.2) is 9.84 Å². The Morgan fingerprint density at radius 2 is 2.06 bits per heavy atom. The molecule has 4 nitrogen and oxygen atoms in total. The molecule has 16 heavy (non-hydrogen) atoms. The van der Waals surface area contributed by atoms with Gasteiger partial charge in [0.25, 0.3) is 0 Å². The van der Waals surface area contributed by atoms with E-state index in [9.17, 15) is 13.2 Å². The van der Waals surface area contributed by atoms with Gasteiger partial charge in [0.1, 0.15) is 4.21 Å². The van der Waals surface area contributed by atoms with Crippen molar-refractivity contribution in [3.63, 3.8) is 0 Å². The van der Waals surface area contributed by atoms with Crippen LogP contribution in [0.5, 0.6) is 0 Å². The summed E-state index contributed by atoms with van der Waals surface area (Å²) in [5.41, 5.74) is 0. The third-order valence-electron chi connectivity index (χ3n) is 1.95. The van der Waals surface area contributed by atoms with Crippen LogP contribution in [-0.2, 0) is 25.8 Å². The fourth-order valence-electron chi connectivity index (χ4n) is 1.12. The Morgan fingerprint density at radius 3 is 2.62 bits per heavy atom. The zero-order valence-corrected chi connectivity index (χ0v) is 10.9. The summed E-state index contributed by atoms with van der Waals surface area (Å²) >= 11 is 1.13. The van der Waals surface area contributed by atoms with E-state index in [2.05, 4.69) is 0 Å². The normalized spacial score (nSPS) is 11.4. The molecule has 0 aliphatic carbocycles. The van der Waals surface area contributed by atoms with Gasteiger partial charge in [-0.25, -0.2) is 8.42 Å². The van der Waals surface area contributed by atoms with Gasteiger partial charge in [-0.05, 0) is 19.1 Å². The first kappa shape index (κ1) is 13.2. The molecule has 1 heterocycles. The second kappa shape index (κ2) is 5.45. The zero-order valence-electron chi connectivity index (χ0n) is 9.23. The molecule has 0 spiro atoms. The van der Waals surface area contributed by atoms with Crippen molar-refractivity contribution in [1.82, 2.24) is 0 Å². The van der Waals surface area contributed by atoms with E-state index >= 15 is 0 Å². The van der Waals surface area contributed by atoms with Crippen LogP contribution in [-0.4, -0.2) is 26.7 Å². The van der Waals surface area contributed by atoms with Crippen molar-refractivity contribution in [1.29, 1.82) is 0 Å². The molecule has 1 aromatic rings. The Kier molecular flexibility index (Phi) is 4.49. The average molecular weight is 262 g/mol. The van der Waals surface area contributed by atoms with E-state index in [-0.39, 0.29) is 18.1 Å². The van der Waals surface area contributed by atoms with Gasteiger partial charge in [-0.2, -0.15) is 0 Å². The average Bonchev–Trinajstić information content (AvgIpc) is 2.67. The topological polar surface area (TPSA) is 60.4 Å². The highest BCUT2D eigenvalue weighted by atomic mass is 32.2. The summed E-state index contributed by atoms with van der Waals surface area (Å²) in [5, 5.41) is 0. The molecule has 0 N–H and O–H groups in total. The fraction of sp³-hybridized carbons (Fsp3) is 0.500. The van der Waals surface area contributed by atoms with Gasteiger partial charge in [0.05, 0.1) is 18.8 Å². The van der Waals surface area contributed by atoms with Crippen molar-refractivity contribution >= 4 is 27.1 Å². The lowest BCUT2D eigenvalue weighted by molar-refractivity contribution is -0.142. The van der Waals surface area contributed by atoms with E-state index in [0.717, 1.165) is 11.3 Å². The summed E-state index contributed by atoms with van der Waals surface area (Å²) in [4.78, 5) is 11.9. The summed E-state index contributed by atoms with van der Waals surface area (Å²) in [6, 6.07) is 3.20. The second-order valence-electron chi connectivity index (χ2n) is 3.11. The molecule has 0 saturated carbocycles. The Balaban J connectivity index is 2.76. The predicted molar refractivity (Wildman–Crippen MR) is 62.4 cm³/mol. The number of carbonyl (C=O) groups is 1. The maximum Gasteiger partial charge on any atom is 0.311 e. The van der Waals surface area contributed by atoms with Crippen LogP contribution >= 0.6 is 11.3 Å². The van der Waals surface area contributed by atoms with E-state index in [1.165, 1.54) is 6.07 Å². The molecule has 1 rings (SSSR count). The van der Waals surface area contributed by atoms with Crippen LogP contribution in [0.2, 0.25) is 0 Å². The van der Waals surface area contributed by atoms with Crippen LogP contribution in [0.15, 0.2) is 16.3 Å². The molecule has 1 aromatic heterocycles. The monoisotopic (exact) mass is 262 g/mol. The first-order valence-electron chi connectivity index (χ1n) is 4.96. The molecule has 90 valence electrons. The highest BCUT2D eigenvalue weighted by Crippen LogP contribution is 2.23. The van der Waals surface area contributed by atoms with Crippen molar-refractivity contribution in [3.05, 3.63) is 17.0 Å². The number of sulfone groups is 1. The molecule has 0 fully saturated rings. The van der Waals surface area contributed by atoms with Crippen LogP contribution in [0.3, 0.4) is 0 Å². The molecular weight excluding hydrogens is 248 g/mol. The van der Waals surface area contributed by atoms with Crippen molar-refractivity contribution in [3.8, 4) is 0 Å². The first-order chi connectivity index (χ1) is 7.49. The van der Waals surface area contributed by atoms with Crippen LogP contribution < -0.4 is 0 Å². The highest BCUT2D eigenvalue weighted by molar-refractivity contribution is 7.93. The maximum absolute atomic E-state index is 11.5. The van der Waals surface area contributed by atoms with E-state index in [0.29, 0.717) is 15.7 Å². The Bertz CT molecular complexity index is 459. The lowest BCUT2D eigenvalue weighted by atomic mass is 10.3. The smallest absolute Gasteiger partial charge is 0.311 e. The van der Waals surface area contributed by atoms with Gasteiger partial charge in [-0.1, -0.05) is 6.92 Å². The molecule has 0 unspecified atom stereocenters. The van der Waals surface area contributed by atoms with Crippen LogP contribution in [0.4, 0.5) is 0 Å². The number of ether oxygens (including phenoxy) is 1. The van der Waals surface area contributed by atoms with Gasteiger partial charge >= 0.3 is 5.97 Å². The maximum atomic E-state index is 11.5. The SMILES string of the molecule is CCOC(=O)Cc1ccc(S(=O)(=O)CC)s1. The number of esters is 1. The van der Waals surface area contributed by atoms with Gasteiger partial charge < -0.3 is 4.74 Å². The van der Waals surface area contributed by atoms with Gasteiger partial charge in [0.2, 0.25) is 0 Å². The molecule has 6 heteroatoms. The Hall–Kier alpha value is -0.880. The molecule has 0 saturated heterocycles. The van der Waals surface area contributed by atoms with Crippen molar-refractivity contribution in [2.75, 3.05) is 12.4 Å². The minimum atomic E-state index is -3.16. The number of thiophene rings is 1. The van der Waals surface area contributed by atoms with Crippen molar-refractivity contribution in [2.24, 2.45) is 0 Å². The number of rotatable bonds is 5. The summed E-state index contributed by atoms with van der Waals surface area (Å²) in [6.45, 7) is 3.67. The van der Waals surface area contributed by atoms with Crippen LogP contribution in [0, 0.1) is 0 Å². The molecule has 0 aliphatic heterocycles. The molecule has 0 amide bonds. The lowest BCUT2D eigenvalue weighted by Crippen LogP contribution is -2.06. The molecular formula is C10H14O4S2. The van der Waals surface area contributed by atoms with Crippen molar-refractivity contribution in [2.45, 2.75) is 24.5 Å². The standard InChI is InChI=1S/C10H14O4S2/c1-3-14-9(11)7-8-5-6-10(15-8)16(12,13)4-2/h5-6H,3-4,7H2,1-2H3. The van der Waals surface area contributed by atoms with Gasteiger partial charge in [-0.3, -0.25) is 4.79 Å². The Morgan fingerprint density at radius 1 is 1.38 bits per heavy atom. The largest absolute Gasteiger partial charge is 0.466 e. The van der Waals surface area contributed by atoms with E-state index in [4.69, 9.17) is 4.74 Å². The zero-order chi connectivity index (χ0) is 12.2.